The normalized spacial score (nSPS) is 17.2. The molecule has 0 N–H and O–H groups in total. The zero-order chi connectivity index (χ0) is 8.39. The van der Waals surface area contributed by atoms with Crippen molar-refractivity contribution in [2.24, 2.45) is 0 Å². The van der Waals surface area contributed by atoms with Crippen molar-refractivity contribution in [3.05, 3.63) is 11.1 Å². The zero-order valence-electron chi connectivity index (χ0n) is 6.79. The summed E-state index contributed by atoms with van der Waals surface area (Å²) in [6.07, 6.45) is 4.61. The third-order valence-electron chi connectivity index (χ3n) is 2.05. The Bertz CT molecular complexity index is 255. The Balaban J connectivity index is 2.11. The van der Waals surface area contributed by atoms with Crippen molar-refractivity contribution in [3.63, 3.8) is 0 Å². The van der Waals surface area contributed by atoms with Gasteiger partial charge in [-0.25, -0.2) is 4.98 Å². The molecular formula is C8H11BrN2S. The lowest BCUT2D eigenvalue weighted by Crippen LogP contribution is -2.16. The first-order valence-electron chi connectivity index (χ1n) is 4.16. The first kappa shape index (κ1) is 8.51. The number of hydrogen-bond donors (Lipinski definition) is 0. The Morgan fingerprint density at radius 1 is 1.50 bits per heavy atom. The van der Waals surface area contributed by atoms with Gasteiger partial charge in [0.15, 0.2) is 5.13 Å². The van der Waals surface area contributed by atoms with Crippen LogP contribution >= 0.6 is 27.3 Å². The molecule has 0 amide bonds. The number of hydrogen-bond acceptors (Lipinski definition) is 3. The van der Waals surface area contributed by atoms with Crippen LogP contribution in [0, 0.1) is 0 Å². The van der Waals surface area contributed by atoms with E-state index in [-0.39, 0.29) is 0 Å². The highest BCUT2D eigenvalue weighted by Crippen LogP contribution is 2.26. The van der Waals surface area contributed by atoms with Crippen LogP contribution in [-0.4, -0.2) is 18.1 Å². The fourth-order valence-electron chi connectivity index (χ4n) is 1.41. The predicted octanol–water partition coefficient (Wildman–Crippen LogP) is 2.64. The summed E-state index contributed by atoms with van der Waals surface area (Å²) in [6, 6.07) is 0. The summed E-state index contributed by atoms with van der Waals surface area (Å²) < 4.78 is 0. The minimum Gasteiger partial charge on any atom is -0.348 e. The lowest BCUT2D eigenvalue weighted by molar-refractivity contribution is 0.949. The van der Waals surface area contributed by atoms with Crippen molar-refractivity contribution in [2.45, 2.75) is 18.2 Å². The Morgan fingerprint density at radius 3 is 2.83 bits per heavy atom. The van der Waals surface area contributed by atoms with E-state index in [9.17, 15) is 0 Å². The summed E-state index contributed by atoms with van der Waals surface area (Å²) in [4.78, 5) is 8.07. The SMILES string of the molecule is BrCc1cnc(N2CCCC2)s1. The summed E-state index contributed by atoms with van der Waals surface area (Å²) in [6.45, 7) is 2.38. The van der Waals surface area contributed by atoms with Crippen LogP contribution in [0.2, 0.25) is 0 Å². The molecule has 1 aromatic heterocycles. The van der Waals surface area contributed by atoms with Crippen LogP contribution < -0.4 is 4.90 Å². The fraction of sp³-hybridized carbons (Fsp3) is 0.625. The third kappa shape index (κ3) is 1.64. The molecule has 2 nitrogen and oxygen atoms in total. The summed E-state index contributed by atoms with van der Waals surface area (Å²) in [5.41, 5.74) is 0. The van der Waals surface area contributed by atoms with Gasteiger partial charge in [0.1, 0.15) is 0 Å². The fourth-order valence-corrected chi connectivity index (χ4v) is 2.71. The monoisotopic (exact) mass is 246 g/mol. The first-order chi connectivity index (χ1) is 5.90. The second-order valence-electron chi connectivity index (χ2n) is 2.94. The van der Waals surface area contributed by atoms with Gasteiger partial charge in [0.2, 0.25) is 0 Å². The molecule has 0 aromatic carbocycles. The predicted molar refractivity (Wildman–Crippen MR) is 56.2 cm³/mol. The molecule has 0 radical (unpaired) electrons. The molecule has 0 spiro atoms. The van der Waals surface area contributed by atoms with E-state index in [4.69, 9.17) is 0 Å². The Morgan fingerprint density at radius 2 is 2.25 bits per heavy atom. The number of halogens is 1. The van der Waals surface area contributed by atoms with E-state index in [1.165, 1.54) is 35.9 Å². The highest BCUT2D eigenvalue weighted by molar-refractivity contribution is 9.08. The Kier molecular flexibility index (Phi) is 2.66. The standard InChI is InChI=1S/C8H11BrN2S/c9-5-7-6-10-8(12-7)11-3-1-2-4-11/h6H,1-5H2. The molecule has 1 aliphatic rings. The average molecular weight is 247 g/mol. The van der Waals surface area contributed by atoms with Gasteiger partial charge in [-0.05, 0) is 12.8 Å². The molecule has 66 valence electrons. The maximum Gasteiger partial charge on any atom is 0.185 e. The third-order valence-corrected chi connectivity index (χ3v) is 4.08. The van der Waals surface area contributed by atoms with Crippen LogP contribution in [0.25, 0.3) is 0 Å². The van der Waals surface area contributed by atoms with Crippen molar-refractivity contribution < 1.29 is 0 Å². The molecule has 4 heteroatoms. The van der Waals surface area contributed by atoms with Crippen molar-refractivity contribution in [2.75, 3.05) is 18.0 Å². The van der Waals surface area contributed by atoms with E-state index in [2.05, 4.69) is 25.8 Å². The largest absolute Gasteiger partial charge is 0.348 e. The summed E-state index contributed by atoms with van der Waals surface area (Å²) in [7, 11) is 0. The molecule has 0 saturated carbocycles. The second-order valence-corrected chi connectivity index (χ2v) is 4.59. The van der Waals surface area contributed by atoms with Gasteiger partial charge in [-0.3, -0.25) is 0 Å². The Labute approximate surface area is 84.7 Å². The summed E-state index contributed by atoms with van der Waals surface area (Å²) in [5.74, 6) is 0. The second kappa shape index (κ2) is 3.75. The van der Waals surface area contributed by atoms with Crippen LogP contribution in [0.1, 0.15) is 17.7 Å². The van der Waals surface area contributed by atoms with Gasteiger partial charge in [0.05, 0.1) is 0 Å². The Hall–Kier alpha value is -0.0900. The van der Waals surface area contributed by atoms with Gasteiger partial charge in [0.25, 0.3) is 0 Å². The van der Waals surface area contributed by atoms with Gasteiger partial charge in [-0.1, -0.05) is 15.9 Å². The molecule has 12 heavy (non-hydrogen) atoms. The van der Waals surface area contributed by atoms with Crippen LogP contribution in [0.15, 0.2) is 6.20 Å². The lowest BCUT2D eigenvalue weighted by Gasteiger charge is -2.11. The van der Waals surface area contributed by atoms with Gasteiger partial charge < -0.3 is 4.90 Å². The molecule has 2 rings (SSSR count). The zero-order valence-corrected chi connectivity index (χ0v) is 9.20. The molecule has 0 bridgehead atoms. The molecule has 1 fully saturated rings. The quantitative estimate of drug-likeness (QED) is 0.747. The van der Waals surface area contributed by atoms with E-state index in [1.54, 1.807) is 11.3 Å². The molecule has 0 atom stereocenters. The molecule has 1 aliphatic heterocycles. The van der Waals surface area contributed by atoms with Crippen molar-refractivity contribution >= 4 is 32.4 Å². The van der Waals surface area contributed by atoms with Gasteiger partial charge in [-0.15, -0.1) is 11.3 Å². The van der Waals surface area contributed by atoms with Crippen LogP contribution in [-0.2, 0) is 5.33 Å². The highest BCUT2D eigenvalue weighted by Gasteiger charge is 2.14. The molecule has 0 unspecified atom stereocenters. The summed E-state index contributed by atoms with van der Waals surface area (Å²) >= 11 is 5.23. The molecule has 1 saturated heterocycles. The highest BCUT2D eigenvalue weighted by atomic mass is 79.9. The van der Waals surface area contributed by atoms with Crippen LogP contribution in [0.3, 0.4) is 0 Å². The first-order valence-corrected chi connectivity index (χ1v) is 6.09. The number of alkyl halides is 1. The van der Waals surface area contributed by atoms with Crippen LogP contribution in [0.4, 0.5) is 5.13 Å². The number of thiazole rings is 1. The topological polar surface area (TPSA) is 16.1 Å². The number of rotatable bonds is 2. The van der Waals surface area contributed by atoms with Crippen molar-refractivity contribution in [1.82, 2.24) is 4.98 Å². The van der Waals surface area contributed by atoms with E-state index in [0.29, 0.717) is 0 Å². The summed E-state index contributed by atoms with van der Waals surface area (Å²) in [5, 5.41) is 2.13. The lowest BCUT2D eigenvalue weighted by atomic mass is 10.4. The molecule has 0 aliphatic carbocycles. The van der Waals surface area contributed by atoms with E-state index >= 15 is 0 Å². The molecule has 2 heterocycles. The number of aromatic nitrogens is 1. The minimum atomic E-state index is 0.929. The smallest absolute Gasteiger partial charge is 0.185 e. The van der Waals surface area contributed by atoms with E-state index in [0.717, 1.165) is 5.33 Å². The van der Waals surface area contributed by atoms with E-state index < -0.39 is 0 Å². The maximum atomic E-state index is 4.38. The maximum absolute atomic E-state index is 4.38. The number of nitrogens with zero attached hydrogens (tertiary/aromatic N) is 2. The molecular weight excluding hydrogens is 236 g/mol. The van der Waals surface area contributed by atoms with Crippen molar-refractivity contribution in [1.29, 1.82) is 0 Å². The van der Waals surface area contributed by atoms with Gasteiger partial charge >= 0.3 is 0 Å². The van der Waals surface area contributed by atoms with Gasteiger partial charge in [0, 0.05) is 29.5 Å². The number of anilines is 1. The minimum absolute atomic E-state index is 0.929. The average Bonchev–Trinajstić information content (AvgIpc) is 2.75. The van der Waals surface area contributed by atoms with E-state index in [1.807, 2.05) is 6.20 Å². The van der Waals surface area contributed by atoms with Crippen molar-refractivity contribution in [3.8, 4) is 0 Å². The molecule has 1 aromatic rings. The van der Waals surface area contributed by atoms with Gasteiger partial charge in [-0.2, -0.15) is 0 Å². The van der Waals surface area contributed by atoms with Crippen LogP contribution in [0.5, 0.6) is 0 Å².